The third-order valence-electron chi connectivity index (χ3n) is 6.05. The van der Waals surface area contributed by atoms with Crippen molar-refractivity contribution in [1.82, 2.24) is 10.6 Å². The van der Waals surface area contributed by atoms with Crippen molar-refractivity contribution in [3.63, 3.8) is 0 Å². The van der Waals surface area contributed by atoms with Gasteiger partial charge < -0.3 is 10.6 Å². The lowest BCUT2D eigenvalue weighted by molar-refractivity contribution is -0.126. The molecule has 1 atom stereocenters. The van der Waals surface area contributed by atoms with E-state index in [9.17, 15) is 14.4 Å². The van der Waals surface area contributed by atoms with Crippen molar-refractivity contribution in [3.05, 3.63) is 88.1 Å². The van der Waals surface area contributed by atoms with Gasteiger partial charge in [-0.3, -0.25) is 19.3 Å². The van der Waals surface area contributed by atoms with Gasteiger partial charge in [0.2, 0.25) is 11.8 Å². The summed E-state index contributed by atoms with van der Waals surface area (Å²) in [5.74, 6) is -0.876. The third-order valence-corrected chi connectivity index (χ3v) is 6.92. The molecule has 4 rings (SSSR count). The summed E-state index contributed by atoms with van der Waals surface area (Å²) in [5, 5.41) is 7.69. The first kappa shape index (κ1) is 23.7. The van der Waals surface area contributed by atoms with Crippen molar-refractivity contribution in [2.45, 2.75) is 44.7 Å². The van der Waals surface area contributed by atoms with Gasteiger partial charge in [-0.2, -0.15) is 0 Å². The van der Waals surface area contributed by atoms with Crippen molar-refractivity contribution in [2.75, 3.05) is 11.4 Å². The van der Waals surface area contributed by atoms with Crippen molar-refractivity contribution in [1.29, 1.82) is 0 Å². The Balaban J connectivity index is 1.65. The van der Waals surface area contributed by atoms with E-state index in [1.54, 1.807) is 12.1 Å². The Morgan fingerprint density at radius 3 is 2.32 bits per heavy atom. The fourth-order valence-corrected chi connectivity index (χ4v) is 4.92. The van der Waals surface area contributed by atoms with E-state index >= 15 is 0 Å². The van der Waals surface area contributed by atoms with Gasteiger partial charge in [0.25, 0.3) is 5.91 Å². The van der Waals surface area contributed by atoms with Crippen LogP contribution in [0.5, 0.6) is 0 Å². The van der Waals surface area contributed by atoms with Crippen LogP contribution in [0.2, 0.25) is 0 Å². The summed E-state index contributed by atoms with van der Waals surface area (Å²) in [4.78, 5) is 41.7. The molecule has 7 heteroatoms. The molecule has 3 amide bonds. The Hall–Kier alpha value is -3.45. The SMILES string of the molecule is Cc1ccc([C@H](C(=O)NC2CCCC2)N(C(=O)CNC(=O)c2cccs2)c2ccccc2)cc1. The molecule has 1 aromatic heterocycles. The topological polar surface area (TPSA) is 78.5 Å². The molecule has 176 valence electrons. The molecule has 0 radical (unpaired) electrons. The van der Waals surface area contributed by atoms with E-state index < -0.39 is 6.04 Å². The van der Waals surface area contributed by atoms with Gasteiger partial charge >= 0.3 is 0 Å². The maximum Gasteiger partial charge on any atom is 0.261 e. The normalized spacial score (nSPS) is 14.4. The van der Waals surface area contributed by atoms with Crippen molar-refractivity contribution in [2.24, 2.45) is 0 Å². The van der Waals surface area contributed by atoms with Gasteiger partial charge in [0, 0.05) is 11.7 Å². The number of nitrogens with one attached hydrogen (secondary N) is 2. The third kappa shape index (κ3) is 5.72. The summed E-state index contributed by atoms with van der Waals surface area (Å²) < 4.78 is 0. The zero-order chi connectivity index (χ0) is 23.9. The van der Waals surface area contributed by atoms with E-state index in [4.69, 9.17) is 0 Å². The van der Waals surface area contributed by atoms with Crippen LogP contribution in [0.25, 0.3) is 0 Å². The molecular weight excluding hydrogens is 446 g/mol. The lowest BCUT2D eigenvalue weighted by Crippen LogP contribution is -2.49. The van der Waals surface area contributed by atoms with E-state index in [1.807, 2.05) is 66.9 Å². The molecule has 0 unspecified atom stereocenters. The van der Waals surface area contributed by atoms with Crippen LogP contribution in [-0.4, -0.2) is 30.3 Å². The van der Waals surface area contributed by atoms with Crippen LogP contribution < -0.4 is 15.5 Å². The van der Waals surface area contributed by atoms with Gasteiger partial charge in [-0.25, -0.2) is 0 Å². The van der Waals surface area contributed by atoms with E-state index in [-0.39, 0.29) is 30.3 Å². The molecule has 1 aliphatic carbocycles. The molecule has 0 spiro atoms. The first-order chi connectivity index (χ1) is 16.5. The van der Waals surface area contributed by atoms with Crippen molar-refractivity contribution in [3.8, 4) is 0 Å². The lowest BCUT2D eigenvalue weighted by Gasteiger charge is -2.32. The number of nitrogens with zero attached hydrogens (tertiary/aromatic N) is 1. The van der Waals surface area contributed by atoms with Crippen LogP contribution in [0.1, 0.15) is 52.5 Å². The molecule has 34 heavy (non-hydrogen) atoms. The molecule has 1 heterocycles. The van der Waals surface area contributed by atoms with Crippen LogP contribution in [0.15, 0.2) is 72.1 Å². The quantitative estimate of drug-likeness (QED) is 0.499. The van der Waals surface area contributed by atoms with Crippen LogP contribution in [0, 0.1) is 6.92 Å². The zero-order valence-corrected chi connectivity index (χ0v) is 20.0. The average Bonchev–Trinajstić information content (AvgIpc) is 3.57. The predicted molar refractivity (Wildman–Crippen MR) is 135 cm³/mol. The van der Waals surface area contributed by atoms with E-state index in [2.05, 4.69) is 10.6 Å². The molecule has 6 nitrogen and oxygen atoms in total. The minimum absolute atomic E-state index is 0.117. The molecule has 1 saturated carbocycles. The van der Waals surface area contributed by atoms with Crippen LogP contribution in [0.3, 0.4) is 0 Å². The molecule has 1 aliphatic rings. The van der Waals surface area contributed by atoms with Gasteiger partial charge in [0.05, 0.1) is 11.4 Å². The second-order valence-electron chi connectivity index (χ2n) is 8.56. The zero-order valence-electron chi connectivity index (χ0n) is 19.2. The van der Waals surface area contributed by atoms with Crippen LogP contribution in [-0.2, 0) is 9.59 Å². The number of amides is 3. The number of carbonyl (C=O) groups is 3. The van der Waals surface area contributed by atoms with E-state index in [0.717, 1.165) is 36.8 Å². The highest BCUT2D eigenvalue weighted by Crippen LogP contribution is 2.29. The van der Waals surface area contributed by atoms with Gasteiger partial charge in [0.1, 0.15) is 6.04 Å². The fraction of sp³-hybridized carbons (Fsp3) is 0.296. The summed E-state index contributed by atoms with van der Waals surface area (Å²) in [6.45, 7) is 1.77. The second-order valence-corrected chi connectivity index (χ2v) is 9.51. The summed E-state index contributed by atoms with van der Waals surface area (Å²) in [5.41, 5.74) is 2.40. The highest BCUT2D eigenvalue weighted by molar-refractivity contribution is 7.12. The van der Waals surface area contributed by atoms with Crippen molar-refractivity contribution < 1.29 is 14.4 Å². The Bertz CT molecular complexity index is 1110. The first-order valence-corrected chi connectivity index (χ1v) is 12.5. The molecule has 0 saturated heterocycles. The van der Waals surface area contributed by atoms with Gasteiger partial charge in [-0.1, -0.05) is 66.9 Å². The van der Waals surface area contributed by atoms with E-state index in [1.165, 1.54) is 16.2 Å². The molecule has 2 N–H and O–H groups in total. The summed E-state index contributed by atoms with van der Waals surface area (Å²) >= 11 is 1.31. The van der Waals surface area contributed by atoms with Crippen LogP contribution >= 0.6 is 11.3 Å². The Labute approximate surface area is 204 Å². The first-order valence-electron chi connectivity index (χ1n) is 11.6. The minimum Gasteiger partial charge on any atom is -0.351 e. The highest BCUT2D eigenvalue weighted by atomic mass is 32.1. The Morgan fingerprint density at radius 2 is 1.68 bits per heavy atom. The summed E-state index contributed by atoms with van der Waals surface area (Å²) in [6, 6.07) is 19.6. The molecule has 1 fully saturated rings. The van der Waals surface area contributed by atoms with Gasteiger partial charge in [-0.05, 0) is 48.9 Å². The second kappa shape index (κ2) is 11.1. The summed E-state index contributed by atoms with van der Waals surface area (Å²) in [7, 11) is 0. The highest BCUT2D eigenvalue weighted by Gasteiger charge is 2.34. The number of anilines is 1. The molecule has 2 aromatic carbocycles. The molecule has 0 bridgehead atoms. The molecule has 0 aliphatic heterocycles. The number of rotatable bonds is 8. The molecular formula is C27H29N3O3S. The lowest BCUT2D eigenvalue weighted by atomic mass is 10.0. The Morgan fingerprint density at radius 1 is 0.971 bits per heavy atom. The monoisotopic (exact) mass is 475 g/mol. The molecule has 3 aromatic rings. The summed E-state index contributed by atoms with van der Waals surface area (Å²) in [6.07, 6.45) is 4.08. The number of aryl methyl sites for hydroxylation is 1. The van der Waals surface area contributed by atoms with Crippen molar-refractivity contribution >= 4 is 34.7 Å². The number of thiophene rings is 1. The van der Waals surface area contributed by atoms with E-state index in [0.29, 0.717) is 10.6 Å². The Kier molecular flexibility index (Phi) is 7.75. The maximum atomic E-state index is 13.6. The minimum atomic E-state index is -0.852. The number of benzene rings is 2. The smallest absolute Gasteiger partial charge is 0.261 e. The van der Waals surface area contributed by atoms with Gasteiger partial charge in [0.15, 0.2) is 0 Å². The predicted octanol–water partition coefficient (Wildman–Crippen LogP) is 4.62. The standard InChI is InChI=1S/C27H29N3O3S/c1-19-13-15-20(16-14-19)25(27(33)29-21-8-5-6-9-21)30(22-10-3-2-4-11-22)24(31)18-28-26(32)23-12-7-17-34-23/h2-4,7,10-17,21,25H,5-6,8-9,18H2,1H3,(H,28,32)(H,29,33)/t25-/m1/s1. The largest absolute Gasteiger partial charge is 0.351 e. The number of para-hydroxylation sites is 1. The number of hydrogen-bond donors (Lipinski definition) is 2. The number of hydrogen-bond acceptors (Lipinski definition) is 4. The van der Waals surface area contributed by atoms with Crippen LogP contribution in [0.4, 0.5) is 5.69 Å². The fourth-order valence-electron chi connectivity index (χ4n) is 4.28. The maximum absolute atomic E-state index is 13.6. The number of carbonyl (C=O) groups excluding carboxylic acids is 3. The average molecular weight is 476 g/mol. The van der Waals surface area contributed by atoms with Gasteiger partial charge in [-0.15, -0.1) is 11.3 Å².